The molecule has 2 aromatic carbocycles. The van der Waals surface area contributed by atoms with Gasteiger partial charge in [0.2, 0.25) is 5.91 Å². The van der Waals surface area contributed by atoms with Gasteiger partial charge in [0.25, 0.3) is 0 Å². The fraction of sp³-hybridized carbons (Fsp3) is 0.250. The number of carbonyl (C=O) groups is 1. The van der Waals surface area contributed by atoms with Gasteiger partial charge in [-0.25, -0.2) is 0 Å². The third kappa shape index (κ3) is 4.49. The zero-order valence-corrected chi connectivity index (χ0v) is 16.7. The number of hydrogen-bond acceptors (Lipinski definition) is 5. The van der Waals surface area contributed by atoms with E-state index in [1.807, 2.05) is 85.9 Å². The zero-order chi connectivity index (χ0) is 19.4. The van der Waals surface area contributed by atoms with Crippen LogP contribution >= 0.6 is 11.8 Å². The Morgan fingerprint density at radius 1 is 1.07 bits per heavy atom. The van der Waals surface area contributed by atoms with Crippen molar-refractivity contribution in [2.24, 2.45) is 0 Å². The number of amides is 1. The van der Waals surface area contributed by atoms with Crippen LogP contribution in [0.4, 0.5) is 11.4 Å². The number of para-hydroxylation sites is 1. The molecule has 0 radical (unpaired) electrons. The number of benzene rings is 2. The molecule has 27 heavy (non-hydrogen) atoms. The van der Waals surface area contributed by atoms with Crippen LogP contribution in [-0.4, -0.2) is 40.5 Å². The van der Waals surface area contributed by atoms with Crippen molar-refractivity contribution in [3.05, 3.63) is 59.9 Å². The van der Waals surface area contributed by atoms with Gasteiger partial charge in [0.05, 0.1) is 11.4 Å². The van der Waals surface area contributed by atoms with Crippen molar-refractivity contribution in [1.82, 2.24) is 14.8 Å². The van der Waals surface area contributed by atoms with E-state index in [0.29, 0.717) is 5.16 Å². The van der Waals surface area contributed by atoms with E-state index in [0.717, 1.165) is 28.5 Å². The topological polar surface area (TPSA) is 63.1 Å². The SMILES string of the molecule is Cc1ccccc1-n1c(C)nnc1SCC(=O)Nc1ccc(N(C)C)cc1. The van der Waals surface area contributed by atoms with Crippen molar-refractivity contribution in [1.29, 1.82) is 0 Å². The van der Waals surface area contributed by atoms with Crippen molar-refractivity contribution >= 4 is 29.0 Å². The Hall–Kier alpha value is -2.80. The summed E-state index contributed by atoms with van der Waals surface area (Å²) in [4.78, 5) is 14.3. The second-order valence-corrected chi connectivity index (χ2v) is 7.37. The molecule has 0 saturated heterocycles. The molecule has 0 fully saturated rings. The summed E-state index contributed by atoms with van der Waals surface area (Å²) < 4.78 is 1.99. The molecule has 0 saturated carbocycles. The Balaban J connectivity index is 1.67. The van der Waals surface area contributed by atoms with E-state index in [1.54, 1.807) is 0 Å². The molecule has 6 nitrogen and oxygen atoms in total. The van der Waals surface area contributed by atoms with E-state index in [2.05, 4.69) is 15.5 Å². The summed E-state index contributed by atoms with van der Waals surface area (Å²) in [6.07, 6.45) is 0. The number of thioether (sulfide) groups is 1. The van der Waals surface area contributed by atoms with Gasteiger partial charge in [0.15, 0.2) is 5.16 Å². The highest BCUT2D eigenvalue weighted by molar-refractivity contribution is 7.99. The highest BCUT2D eigenvalue weighted by Crippen LogP contribution is 2.24. The second kappa shape index (κ2) is 8.26. The van der Waals surface area contributed by atoms with Gasteiger partial charge in [-0.15, -0.1) is 10.2 Å². The van der Waals surface area contributed by atoms with Gasteiger partial charge in [-0.05, 0) is 49.7 Å². The van der Waals surface area contributed by atoms with E-state index < -0.39 is 0 Å². The normalized spacial score (nSPS) is 10.7. The molecule has 7 heteroatoms. The molecular formula is C20H23N5OS. The summed E-state index contributed by atoms with van der Waals surface area (Å²) >= 11 is 1.38. The van der Waals surface area contributed by atoms with Gasteiger partial charge in [-0.3, -0.25) is 9.36 Å². The van der Waals surface area contributed by atoms with Gasteiger partial charge in [0, 0.05) is 25.5 Å². The number of aromatic nitrogens is 3. The number of aryl methyl sites for hydroxylation is 2. The number of nitrogens with zero attached hydrogens (tertiary/aromatic N) is 4. The van der Waals surface area contributed by atoms with E-state index in [-0.39, 0.29) is 11.7 Å². The van der Waals surface area contributed by atoms with Gasteiger partial charge in [-0.2, -0.15) is 0 Å². The Kier molecular flexibility index (Phi) is 5.81. The van der Waals surface area contributed by atoms with Crippen LogP contribution in [-0.2, 0) is 4.79 Å². The summed E-state index contributed by atoms with van der Waals surface area (Å²) in [5.41, 5.74) is 4.03. The Morgan fingerprint density at radius 2 is 1.78 bits per heavy atom. The van der Waals surface area contributed by atoms with E-state index >= 15 is 0 Å². The van der Waals surface area contributed by atoms with Crippen LogP contribution in [0.5, 0.6) is 0 Å². The number of anilines is 2. The quantitative estimate of drug-likeness (QED) is 0.660. The average molecular weight is 382 g/mol. The molecule has 140 valence electrons. The Morgan fingerprint density at radius 3 is 2.44 bits per heavy atom. The highest BCUT2D eigenvalue weighted by Gasteiger charge is 2.14. The summed E-state index contributed by atoms with van der Waals surface area (Å²) in [6.45, 7) is 3.96. The molecular weight excluding hydrogens is 358 g/mol. The fourth-order valence-corrected chi connectivity index (χ4v) is 3.49. The predicted molar refractivity (Wildman–Crippen MR) is 111 cm³/mol. The standard InChI is InChI=1S/C20H23N5OS/c1-14-7-5-6-8-18(14)25-15(2)22-23-20(25)27-13-19(26)21-16-9-11-17(12-10-16)24(3)4/h5-12H,13H2,1-4H3,(H,21,26). The van der Waals surface area contributed by atoms with Crippen LogP contribution in [0.15, 0.2) is 53.7 Å². The maximum absolute atomic E-state index is 12.3. The monoisotopic (exact) mass is 381 g/mol. The lowest BCUT2D eigenvalue weighted by molar-refractivity contribution is -0.113. The van der Waals surface area contributed by atoms with Crippen molar-refractivity contribution < 1.29 is 4.79 Å². The minimum atomic E-state index is -0.0745. The smallest absolute Gasteiger partial charge is 0.234 e. The number of hydrogen-bond donors (Lipinski definition) is 1. The third-order valence-electron chi connectivity index (χ3n) is 4.15. The number of carbonyl (C=O) groups excluding carboxylic acids is 1. The van der Waals surface area contributed by atoms with E-state index in [9.17, 15) is 4.79 Å². The lowest BCUT2D eigenvalue weighted by atomic mass is 10.2. The lowest BCUT2D eigenvalue weighted by Gasteiger charge is -2.13. The fourth-order valence-electron chi connectivity index (χ4n) is 2.70. The predicted octanol–water partition coefficient (Wildman–Crippen LogP) is 3.68. The molecule has 1 N–H and O–H groups in total. The average Bonchev–Trinajstić information content (AvgIpc) is 3.01. The molecule has 0 aliphatic carbocycles. The molecule has 0 bridgehead atoms. The van der Waals surface area contributed by atoms with Crippen LogP contribution < -0.4 is 10.2 Å². The molecule has 3 rings (SSSR count). The minimum Gasteiger partial charge on any atom is -0.378 e. The van der Waals surface area contributed by atoms with Crippen LogP contribution in [0.25, 0.3) is 5.69 Å². The molecule has 1 aromatic heterocycles. The maximum atomic E-state index is 12.3. The third-order valence-corrected chi connectivity index (χ3v) is 5.08. The molecule has 0 unspecified atom stereocenters. The molecule has 1 heterocycles. The largest absolute Gasteiger partial charge is 0.378 e. The Labute approximate surface area is 163 Å². The van der Waals surface area contributed by atoms with Gasteiger partial charge in [0.1, 0.15) is 5.82 Å². The molecule has 1 amide bonds. The number of rotatable bonds is 6. The molecule has 0 aliphatic heterocycles. The van der Waals surface area contributed by atoms with Crippen molar-refractivity contribution in [2.45, 2.75) is 19.0 Å². The van der Waals surface area contributed by atoms with Crippen molar-refractivity contribution in [2.75, 3.05) is 30.1 Å². The van der Waals surface area contributed by atoms with E-state index in [4.69, 9.17) is 0 Å². The maximum Gasteiger partial charge on any atom is 0.234 e. The van der Waals surface area contributed by atoms with Gasteiger partial charge < -0.3 is 10.2 Å². The van der Waals surface area contributed by atoms with Gasteiger partial charge >= 0.3 is 0 Å². The zero-order valence-electron chi connectivity index (χ0n) is 15.9. The summed E-state index contributed by atoms with van der Waals surface area (Å²) in [7, 11) is 3.97. The van der Waals surface area contributed by atoms with Crippen molar-refractivity contribution in [3.63, 3.8) is 0 Å². The summed E-state index contributed by atoms with van der Waals surface area (Å²) in [5.74, 6) is 0.987. The van der Waals surface area contributed by atoms with Crippen LogP contribution in [0, 0.1) is 13.8 Å². The lowest BCUT2D eigenvalue weighted by Crippen LogP contribution is -2.15. The summed E-state index contributed by atoms with van der Waals surface area (Å²) in [5, 5.41) is 12.0. The highest BCUT2D eigenvalue weighted by atomic mass is 32.2. The van der Waals surface area contributed by atoms with E-state index in [1.165, 1.54) is 11.8 Å². The van der Waals surface area contributed by atoms with Crippen molar-refractivity contribution in [3.8, 4) is 5.69 Å². The minimum absolute atomic E-state index is 0.0745. The first-order chi connectivity index (χ1) is 13.0. The summed E-state index contributed by atoms with van der Waals surface area (Å²) in [6, 6.07) is 15.8. The molecule has 0 aliphatic rings. The first kappa shape index (κ1) is 19.0. The molecule has 0 atom stereocenters. The number of nitrogens with one attached hydrogen (secondary N) is 1. The van der Waals surface area contributed by atoms with Gasteiger partial charge in [-0.1, -0.05) is 30.0 Å². The van der Waals surface area contributed by atoms with Crippen LogP contribution in [0.2, 0.25) is 0 Å². The van der Waals surface area contributed by atoms with Crippen LogP contribution in [0.3, 0.4) is 0 Å². The second-order valence-electron chi connectivity index (χ2n) is 6.43. The first-order valence-corrected chi connectivity index (χ1v) is 9.62. The Bertz CT molecular complexity index is 934. The molecule has 3 aromatic rings. The molecule has 0 spiro atoms. The van der Waals surface area contributed by atoms with Crippen LogP contribution in [0.1, 0.15) is 11.4 Å². The first-order valence-electron chi connectivity index (χ1n) is 8.64.